The molecule has 0 aliphatic heterocycles. The van der Waals surface area contributed by atoms with Crippen molar-refractivity contribution in [3.63, 3.8) is 0 Å². The summed E-state index contributed by atoms with van der Waals surface area (Å²) < 4.78 is 1.90. The first-order valence-electron chi connectivity index (χ1n) is 6.70. The monoisotopic (exact) mass is 303 g/mol. The van der Waals surface area contributed by atoms with Crippen LogP contribution < -0.4 is 5.32 Å². The van der Waals surface area contributed by atoms with Crippen LogP contribution in [0.5, 0.6) is 0 Å². The van der Waals surface area contributed by atoms with Gasteiger partial charge in [-0.25, -0.2) is 0 Å². The minimum atomic E-state index is -0.132. The standard InChI is InChI=1S/C16H18ClN3O/c1-11-14(8-9-16(21)18-3)12(2)20(19-11)10-13-6-4-5-7-15(13)17/h4-9H,10H2,1-3H3,(H,18,21)/b9-8+. The third kappa shape index (κ3) is 3.52. The van der Waals surface area contributed by atoms with Gasteiger partial charge in [0, 0.05) is 29.4 Å². The maximum Gasteiger partial charge on any atom is 0.243 e. The molecule has 1 aromatic carbocycles. The molecule has 0 unspecified atom stereocenters. The smallest absolute Gasteiger partial charge is 0.243 e. The topological polar surface area (TPSA) is 46.9 Å². The fourth-order valence-electron chi connectivity index (χ4n) is 2.14. The molecule has 0 atom stereocenters. The maximum atomic E-state index is 11.3. The molecule has 0 spiro atoms. The van der Waals surface area contributed by atoms with Crippen LogP contribution >= 0.6 is 11.6 Å². The first kappa shape index (κ1) is 15.3. The van der Waals surface area contributed by atoms with E-state index in [0.717, 1.165) is 27.5 Å². The molecule has 5 heteroatoms. The van der Waals surface area contributed by atoms with Crippen LogP contribution in [0.2, 0.25) is 5.02 Å². The molecule has 0 aliphatic carbocycles. The summed E-state index contributed by atoms with van der Waals surface area (Å²) in [5.74, 6) is -0.132. The lowest BCUT2D eigenvalue weighted by molar-refractivity contribution is -0.115. The second kappa shape index (κ2) is 6.59. The molecule has 2 rings (SSSR count). The molecule has 0 fully saturated rings. The van der Waals surface area contributed by atoms with Crippen LogP contribution in [-0.2, 0) is 11.3 Å². The quantitative estimate of drug-likeness (QED) is 0.883. The number of benzene rings is 1. The summed E-state index contributed by atoms with van der Waals surface area (Å²) in [6.45, 7) is 4.53. The van der Waals surface area contributed by atoms with Crippen LogP contribution in [0.1, 0.15) is 22.5 Å². The van der Waals surface area contributed by atoms with Crippen molar-refractivity contribution in [2.24, 2.45) is 0 Å². The number of amides is 1. The summed E-state index contributed by atoms with van der Waals surface area (Å²) in [5, 5.41) is 7.81. The van der Waals surface area contributed by atoms with Gasteiger partial charge in [0.2, 0.25) is 5.91 Å². The molecule has 2 aromatic rings. The van der Waals surface area contributed by atoms with E-state index in [1.54, 1.807) is 13.1 Å². The molecular weight excluding hydrogens is 286 g/mol. The molecule has 1 amide bonds. The number of likely N-dealkylation sites (N-methyl/N-ethyl adjacent to an activating group) is 1. The maximum absolute atomic E-state index is 11.3. The van der Waals surface area contributed by atoms with Gasteiger partial charge in [-0.1, -0.05) is 29.8 Å². The predicted molar refractivity (Wildman–Crippen MR) is 85.4 cm³/mol. The molecule has 0 saturated heterocycles. The lowest BCUT2D eigenvalue weighted by Gasteiger charge is -2.06. The Kier molecular flexibility index (Phi) is 4.81. The van der Waals surface area contributed by atoms with Gasteiger partial charge in [-0.15, -0.1) is 0 Å². The van der Waals surface area contributed by atoms with Crippen molar-refractivity contribution in [3.05, 3.63) is 57.9 Å². The lowest BCUT2D eigenvalue weighted by Crippen LogP contribution is -2.13. The van der Waals surface area contributed by atoms with Crippen molar-refractivity contribution in [2.75, 3.05) is 7.05 Å². The van der Waals surface area contributed by atoms with Gasteiger partial charge in [-0.05, 0) is 31.6 Å². The Hall–Kier alpha value is -2.07. The van der Waals surface area contributed by atoms with E-state index in [-0.39, 0.29) is 5.91 Å². The third-order valence-corrected chi connectivity index (χ3v) is 3.73. The Labute approximate surface area is 129 Å². The van der Waals surface area contributed by atoms with E-state index < -0.39 is 0 Å². The van der Waals surface area contributed by atoms with Crippen molar-refractivity contribution in [1.82, 2.24) is 15.1 Å². The fourth-order valence-corrected chi connectivity index (χ4v) is 2.33. The van der Waals surface area contributed by atoms with Crippen LogP contribution in [-0.4, -0.2) is 22.7 Å². The largest absolute Gasteiger partial charge is 0.356 e. The van der Waals surface area contributed by atoms with E-state index in [1.165, 1.54) is 6.08 Å². The Morgan fingerprint density at radius 2 is 2.10 bits per heavy atom. The Morgan fingerprint density at radius 1 is 1.38 bits per heavy atom. The molecule has 1 aromatic heterocycles. The van der Waals surface area contributed by atoms with Crippen LogP contribution in [0.15, 0.2) is 30.3 Å². The number of nitrogens with one attached hydrogen (secondary N) is 1. The number of aryl methyl sites for hydroxylation is 1. The van der Waals surface area contributed by atoms with Crippen LogP contribution in [0, 0.1) is 13.8 Å². The Morgan fingerprint density at radius 3 is 2.76 bits per heavy atom. The predicted octanol–water partition coefficient (Wildman–Crippen LogP) is 2.96. The van der Waals surface area contributed by atoms with Gasteiger partial charge < -0.3 is 5.32 Å². The van der Waals surface area contributed by atoms with E-state index in [9.17, 15) is 4.79 Å². The lowest BCUT2D eigenvalue weighted by atomic mass is 10.1. The number of nitrogens with zero attached hydrogens (tertiary/aromatic N) is 2. The van der Waals surface area contributed by atoms with E-state index >= 15 is 0 Å². The number of hydrogen-bond acceptors (Lipinski definition) is 2. The van der Waals surface area contributed by atoms with Crippen molar-refractivity contribution < 1.29 is 4.79 Å². The summed E-state index contributed by atoms with van der Waals surface area (Å²) >= 11 is 6.19. The zero-order chi connectivity index (χ0) is 15.4. The highest BCUT2D eigenvalue weighted by Gasteiger charge is 2.10. The number of halogens is 1. The van der Waals surface area contributed by atoms with Gasteiger partial charge in [0.15, 0.2) is 0 Å². The Balaban J connectivity index is 2.29. The molecule has 1 heterocycles. The second-order valence-corrected chi connectivity index (χ2v) is 5.19. The number of carbonyl (C=O) groups excluding carboxylic acids is 1. The molecule has 110 valence electrons. The highest BCUT2D eigenvalue weighted by atomic mass is 35.5. The van der Waals surface area contributed by atoms with Gasteiger partial charge in [-0.2, -0.15) is 5.10 Å². The van der Waals surface area contributed by atoms with Gasteiger partial charge in [0.05, 0.1) is 12.2 Å². The first-order chi connectivity index (χ1) is 10.0. The third-order valence-electron chi connectivity index (χ3n) is 3.36. The molecule has 0 aliphatic rings. The van der Waals surface area contributed by atoms with Crippen LogP contribution in [0.4, 0.5) is 0 Å². The second-order valence-electron chi connectivity index (χ2n) is 4.78. The number of carbonyl (C=O) groups is 1. The Bertz CT molecular complexity index is 689. The molecule has 0 radical (unpaired) electrons. The number of hydrogen-bond donors (Lipinski definition) is 1. The molecule has 0 bridgehead atoms. The summed E-state index contributed by atoms with van der Waals surface area (Å²) in [6.07, 6.45) is 3.30. The fraction of sp³-hybridized carbons (Fsp3) is 0.250. The van der Waals surface area contributed by atoms with Gasteiger partial charge in [-0.3, -0.25) is 9.48 Å². The van der Waals surface area contributed by atoms with E-state index in [2.05, 4.69) is 10.4 Å². The van der Waals surface area contributed by atoms with Crippen LogP contribution in [0.25, 0.3) is 6.08 Å². The SMILES string of the molecule is CNC(=O)/C=C/c1c(C)nn(Cc2ccccc2Cl)c1C. The summed E-state index contributed by atoms with van der Waals surface area (Å²) in [4.78, 5) is 11.3. The average Bonchev–Trinajstić information content (AvgIpc) is 2.73. The van der Waals surface area contributed by atoms with Gasteiger partial charge in [0.25, 0.3) is 0 Å². The van der Waals surface area contributed by atoms with E-state index in [1.807, 2.05) is 42.8 Å². The summed E-state index contributed by atoms with van der Waals surface area (Å²) in [5.41, 5.74) is 3.88. The van der Waals surface area contributed by atoms with Gasteiger partial charge >= 0.3 is 0 Å². The molecular formula is C16H18ClN3O. The summed E-state index contributed by atoms with van der Waals surface area (Å²) in [7, 11) is 1.60. The highest BCUT2D eigenvalue weighted by molar-refractivity contribution is 6.31. The van der Waals surface area contributed by atoms with E-state index in [4.69, 9.17) is 11.6 Å². The summed E-state index contributed by atoms with van der Waals surface area (Å²) in [6, 6.07) is 7.72. The molecule has 21 heavy (non-hydrogen) atoms. The van der Waals surface area contributed by atoms with Crippen molar-refractivity contribution >= 4 is 23.6 Å². The van der Waals surface area contributed by atoms with Crippen molar-refractivity contribution in [1.29, 1.82) is 0 Å². The zero-order valence-electron chi connectivity index (χ0n) is 12.4. The average molecular weight is 304 g/mol. The number of aromatic nitrogens is 2. The molecule has 1 N–H and O–H groups in total. The van der Waals surface area contributed by atoms with Crippen molar-refractivity contribution in [3.8, 4) is 0 Å². The van der Waals surface area contributed by atoms with Gasteiger partial charge in [0.1, 0.15) is 0 Å². The molecule has 4 nitrogen and oxygen atoms in total. The minimum absolute atomic E-state index is 0.132. The number of rotatable bonds is 4. The zero-order valence-corrected chi connectivity index (χ0v) is 13.1. The highest BCUT2D eigenvalue weighted by Crippen LogP contribution is 2.20. The first-order valence-corrected chi connectivity index (χ1v) is 7.08. The normalized spacial score (nSPS) is 11.0. The van der Waals surface area contributed by atoms with Crippen LogP contribution in [0.3, 0.4) is 0 Å². The van der Waals surface area contributed by atoms with E-state index in [0.29, 0.717) is 6.54 Å². The van der Waals surface area contributed by atoms with Crippen molar-refractivity contribution in [2.45, 2.75) is 20.4 Å². The molecule has 0 saturated carbocycles. The minimum Gasteiger partial charge on any atom is -0.356 e.